The van der Waals surface area contributed by atoms with Crippen molar-refractivity contribution >= 4 is 33.6 Å². The van der Waals surface area contributed by atoms with Crippen LogP contribution in [0.25, 0.3) is 0 Å². The van der Waals surface area contributed by atoms with Gasteiger partial charge in [0.05, 0.1) is 11.6 Å². The van der Waals surface area contributed by atoms with E-state index >= 15 is 0 Å². The molecule has 0 saturated heterocycles. The SMILES string of the molecule is CC(C)C(CNC(=O)Nc1ccccc1Br)C(=O)O. The number of anilines is 1. The van der Waals surface area contributed by atoms with Gasteiger partial charge in [0.2, 0.25) is 0 Å². The number of carbonyl (C=O) groups is 2. The molecule has 0 bridgehead atoms. The number of benzene rings is 1. The van der Waals surface area contributed by atoms with Gasteiger partial charge in [0.15, 0.2) is 0 Å². The summed E-state index contributed by atoms with van der Waals surface area (Å²) in [5.74, 6) is -1.54. The number of rotatable bonds is 5. The van der Waals surface area contributed by atoms with Gasteiger partial charge < -0.3 is 15.7 Å². The van der Waals surface area contributed by atoms with Crippen molar-refractivity contribution in [1.82, 2.24) is 5.32 Å². The van der Waals surface area contributed by atoms with E-state index < -0.39 is 17.9 Å². The zero-order valence-electron chi connectivity index (χ0n) is 10.8. The number of carbonyl (C=O) groups excluding carboxylic acids is 1. The molecule has 6 heteroatoms. The van der Waals surface area contributed by atoms with Gasteiger partial charge in [-0.3, -0.25) is 4.79 Å². The monoisotopic (exact) mass is 328 g/mol. The second kappa shape index (κ2) is 7.13. The van der Waals surface area contributed by atoms with E-state index in [0.29, 0.717) is 5.69 Å². The quantitative estimate of drug-likeness (QED) is 0.777. The van der Waals surface area contributed by atoms with Gasteiger partial charge in [0.25, 0.3) is 0 Å². The lowest BCUT2D eigenvalue weighted by atomic mass is 9.96. The highest BCUT2D eigenvalue weighted by Gasteiger charge is 2.21. The Morgan fingerprint density at radius 2 is 1.95 bits per heavy atom. The summed E-state index contributed by atoms with van der Waals surface area (Å²) < 4.78 is 0.767. The van der Waals surface area contributed by atoms with Crippen LogP contribution in [-0.2, 0) is 4.79 Å². The molecule has 5 nitrogen and oxygen atoms in total. The summed E-state index contributed by atoms with van der Waals surface area (Å²) in [6.07, 6.45) is 0. The number of hydrogen-bond donors (Lipinski definition) is 3. The second-order valence-corrected chi connectivity index (χ2v) is 5.36. The van der Waals surface area contributed by atoms with E-state index in [2.05, 4.69) is 26.6 Å². The van der Waals surface area contributed by atoms with E-state index in [-0.39, 0.29) is 12.5 Å². The molecule has 0 heterocycles. The van der Waals surface area contributed by atoms with Gasteiger partial charge >= 0.3 is 12.0 Å². The first-order valence-corrected chi connectivity index (χ1v) is 6.73. The third-order valence-corrected chi connectivity index (χ3v) is 3.42. The molecule has 1 unspecified atom stereocenters. The fourth-order valence-corrected chi connectivity index (χ4v) is 1.92. The lowest BCUT2D eigenvalue weighted by Gasteiger charge is -2.17. The minimum Gasteiger partial charge on any atom is -0.481 e. The highest BCUT2D eigenvalue weighted by atomic mass is 79.9. The molecule has 104 valence electrons. The Kier molecular flexibility index (Phi) is 5.82. The molecule has 0 fully saturated rings. The summed E-state index contributed by atoms with van der Waals surface area (Å²) >= 11 is 3.31. The maximum Gasteiger partial charge on any atom is 0.319 e. The van der Waals surface area contributed by atoms with Gasteiger partial charge in [-0.15, -0.1) is 0 Å². The fourth-order valence-electron chi connectivity index (χ4n) is 1.54. The Labute approximate surface area is 120 Å². The Morgan fingerprint density at radius 1 is 1.32 bits per heavy atom. The van der Waals surface area contributed by atoms with E-state index in [9.17, 15) is 9.59 Å². The number of halogens is 1. The van der Waals surface area contributed by atoms with Gasteiger partial charge in [0, 0.05) is 11.0 Å². The Bertz CT molecular complexity index is 463. The van der Waals surface area contributed by atoms with Crippen molar-refractivity contribution < 1.29 is 14.7 Å². The Hall–Kier alpha value is -1.56. The van der Waals surface area contributed by atoms with E-state index in [4.69, 9.17) is 5.11 Å². The van der Waals surface area contributed by atoms with Gasteiger partial charge in [0.1, 0.15) is 0 Å². The van der Waals surface area contributed by atoms with E-state index in [1.165, 1.54) is 0 Å². The van der Waals surface area contributed by atoms with E-state index in [0.717, 1.165) is 4.47 Å². The number of carboxylic acids is 1. The van der Waals surface area contributed by atoms with Crippen molar-refractivity contribution in [2.75, 3.05) is 11.9 Å². The highest BCUT2D eigenvalue weighted by Crippen LogP contribution is 2.20. The molecule has 0 saturated carbocycles. The Morgan fingerprint density at radius 3 is 2.47 bits per heavy atom. The van der Waals surface area contributed by atoms with Gasteiger partial charge in [-0.2, -0.15) is 0 Å². The first-order chi connectivity index (χ1) is 8.91. The number of amides is 2. The first kappa shape index (κ1) is 15.5. The molecule has 2 amide bonds. The maximum atomic E-state index is 11.7. The van der Waals surface area contributed by atoms with Crippen LogP contribution in [0.1, 0.15) is 13.8 Å². The molecule has 0 spiro atoms. The molecule has 3 N–H and O–H groups in total. The molecule has 1 rings (SSSR count). The van der Waals surface area contributed by atoms with Gasteiger partial charge in [-0.05, 0) is 34.0 Å². The van der Waals surface area contributed by atoms with Crippen molar-refractivity contribution in [2.24, 2.45) is 11.8 Å². The largest absolute Gasteiger partial charge is 0.481 e. The van der Waals surface area contributed by atoms with Crippen LogP contribution in [-0.4, -0.2) is 23.7 Å². The zero-order valence-corrected chi connectivity index (χ0v) is 12.4. The van der Waals surface area contributed by atoms with Gasteiger partial charge in [-0.25, -0.2) is 4.79 Å². The normalized spacial score (nSPS) is 12.0. The van der Waals surface area contributed by atoms with E-state index in [1.54, 1.807) is 12.1 Å². The van der Waals surface area contributed by atoms with Crippen LogP contribution in [0.2, 0.25) is 0 Å². The van der Waals surface area contributed by atoms with Crippen LogP contribution in [0, 0.1) is 11.8 Å². The average Bonchev–Trinajstić information content (AvgIpc) is 2.31. The van der Waals surface area contributed by atoms with Crippen LogP contribution in [0.3, 0.4) is 0 Å². The van der Waals surface area contributed by atoms with Crippen molar-refractivity contribution in [3.8, 4) is 0 Å². The smallest absolute Gasteiger partial charge is 0.319 e. The number of aliphatic carboxylic acids is 1. The average molecular weight is 329 g/mol. The molecule has 0 aliphatic carbocycles. The van der Waals surface area contributed by atoms with Crippen LogP contribution < -0.4 is 10.6 Å². The molecule has 1 aromatic carbocycles. The number of nitrogens with one attached hydrogen (secondary N) is 2. The standard InChI is InChI=1S/C13H17BrN2O3/c1-8(2)9(12(17)18)7-15-13(19)16-11-6-4-3-5-10(11)14/h3-6,8-9H,7H2,1-2H3,(H,17,18)(H2,15,16,19). The molecule has 0 aliphatic rings. The summed E-state index contributed by atoms with van der Waals surface area (Å²) in [7, 11) is 0. The molecule has 0 aromatic heterocycles. The summed E-state index contributed by atoms with van der Waals surface area (Å²) in [5, 5.41) is 14.2. The summed E-state index contributed by atoms with van der Waals surface area (Å²) in [5.41, 5.74) is 0.636. The predicted molar refractivity (Wildman–Crippen MR) is 77.1 cm³/mol. The molecular weight excluding hydrogens is 312 g/mol. The van der Waals surface area contributed by atoms with Crippen LogP contribution >= 0.6 is 15.9 Å². The minimum atomic E-state index is -0.906. The highest BCUT2D eigenvalue weighted by molar-refractivity contribution is 9.10. The Balaban J connectivity index is 2.52. The van der Waals surface area contributed by atoms with Crippen LogP contribution in [0.15, 0.2) is 28.7 Å². The first-order valence-electron chi connectivity index (χ1n) is 5.94. The lowest BCUT2D eigenvalue weighted by Crippen LogP contribution is -2.37. The summed E-state index contributed by atoms with van der Waals surface area (Å²) in [6, 6.07) is 6.78. The lowest BCUT2D eigenvalue weighted by molar-refractivity contribution is -0.142. The van der Waals surface area contributed by atoms with Crippen molar-refractivity contribution in [3.05, 3.63) is 28.7 Å². The molecular formula is C13H17BrN2O3. The molecule has 0 radical (unpaired) electrons. The molecule has 19 heavy (non-hydrogen) atoms. The van der Waals surface area contributed by atoms with Crippen molar-refractivity contribution in [1.29, 1.82) is 0 Å². The number of urea groups is 1. The predicted octanol–water partition coefficient (Wildman–Crippen LogP) is 2.93. The number of carboxylic acid groups (broad SMARTS) is 1. The topological polar surface area (TPSA) is 78.4 Å². The third-order valence-electron chi connectivity index (χ3n) is 2.73. The van der Waals surface area contributed by atoms with E-state index in [1.807, 2.05) is 26.0 Å². The zero-order chi connectivity index (χ0) is 14.4. The van der Waals surface area contributed by atoms with Crippen LogP contribution in [0.4, 0.5) is 10.5 Å². The molecule has 0 aliphatic heterocycles. The third kappa shape index (κ3) is 4.90. The maximum absolute atomic E-state index is 11.7. The summed E-state index contributed by atoms with van der Waals surface area (Å²) in [6.45, 7) is 3.72. The van der Waals surface area contributed by atoms with Gasteiger partial charge in [-0.1, -0.05) is 26.0 Å². The second-order valence-electron chi connectivity index (χ2n) is 4.50. The molecule has 1 aromatic rings. The molecule has 1 atom stereocenters. The van der Waals surface area contributed by atoms with Crippen LogP contribution in [0.5, 0.6) is 0 Å². The minimum absolute atomic E-state index is 0.0405. The number of para-hydroxylation sites is 1. The number of hydrogen-bond acceptors (Lipinski definition) is 2. The summed E-state index contributed by atoms with van der Waals surface area (Å²) in [4.78, 5) is 22.7. The van der Waals surface area contributed by atoms with Crippen molar-refractivity contribution in [2.45, 2.75) is 13.8 Å². The fraction of sp³-hybridized carbons (Fsp3) is 0.385. The van der Waals surface area contributed by atoms with Crippen molar-refractivity contribution in [3.63, 3.8) is 0 Å².